The topological polar surface area (TPSA) is 67.2 Å². The van der Waals surface area contributed by atoms with Crippen molar-refractivity contribution in [2.45, 2.75) is 19.4 Å². The van der Waals surface area contributed by atoms with E-state index in [9.17, 15) is 4.79 Å². The summed E-state index contributed by atoms with van der Waals surface area (Å²) in [6.07, 6.45) is 3.69. The second kappa shape index (κ2) is 4.02. The Morgan fingerprint density at radius 3 is 3.13 bits per heavy atom. The monoisotopic (exact) mass is 209 g/mol. The van der Waals surface area contributed by atoms with Crippen LogP contribution in [0.2, 0.25) is 0 Å². The summed E-state index contributed by atoms with van der Waals surface area (Å²) in [5, 5.41) is 12.1. The first-order chi connectivity index (χ1) is 7.22. The Balaban J connectivity index is 2.18. The maximum atomic E-state index is 11.0. The number of carboxylic acid groups (broad SMARTS) is 1. The number of hydrogen-bond donors (Lipinski definition) is 2. The lowest BCUT2D eigenvalue weighted by Gasteiger charge is -2.11. The van der Waals surface area contributed by atoms with E-state index >= 15 is 0 Å². The van der Waals surface area contributed by atoms with E-state index in [0.717, 1.165) is 12.2 Å². The van der Waals surface area contributed by atoms with E-state index in [1.807, 2.05) is 17.7 Å². The molecule has 0 spiro atoms. The van der Waals surface area contributed by atoms with Crippen LogP contribution in [0, 0.1) is 5.92 Å². The molecular formula is C10H15N3O2. The average Bonchev–Trinajstić information content (AvgIpc) is 2.85. The molecular weight excluding hydrogens is 194 g/mol. The smallest absolute Gasteiger partial charge is 0.308 e. The van der Waals surface area contributed by atoms with Gasteiger partial charge in [-0.05, 0) is 6.92 Å². The summed E-state index contributed by atoms with van der Waals surface area (Å²) in [6.45, 7) is 4.15. The fourth-order valence-corrected chi connectivity index (χ4v) is 1.99. The molecule has 5 nitrogen and oxygen atoms in total. The Labute approximate surface area is 88.1 Å². The van der Waals surface area contributed by atoms with Gasteiger partial charge in [0.05, 0.1) is 17.9 Å². The normalized spacial score (nSPS) is 25.7. The zero-order valence-corrected chi connectivity index (χ0v) is 8.68. The third-order valence-electron chi connectivity index (χ3n) is 2.93. The maximum absolute atomic E-state index is 11.0. The molecule has 0 aromatic carbocycles. The highest BCUT2D eigenvalue weighted by Crippen LogP contribution is 2.26. The summed E-state index contributed by atoms with van der Waals surface area (Å²) in [6, 6.07) is 0. The molecule has 0 aliphatic carbocycles. The van der Waals surface area contributed by atoms with Crippen molar-refractivity contribution < 1.29 is 9.90 Å². The summed E-state index contributed by atoms with van der Waals surface area (Å²) >= 11 is 0. The molecule has 1 aromatic heterocycles. The molecule has 1 aliphatic heterocycles. The average molecular weight is 209 g/mol. The van der Waals surface area contributed by atoms with E-state index in [1.54, 1.807) is 6.33 Å². The summed E-state index contributed by atoms with van der Waals surface area (Å²) < 4.78 is 1.96. The summed E-state index contributed by atoms with van der Waals surface area (Å²) in [4.78, 5) is 15.2. The first kappa shape index (κ1) is 10.2. The number of imidazole rings is 1. The number of nitrogens with zero attached hydrogens (tertiary/aromatic N) is 2. The Bertz CT molecular complexity index is 361. The molecule has 2 rings (SSSR count). The molecule has 1 fully saturated rings. The van der Waals surface area contributed by atoms with Crippen LogP contribution < -0.4 is 5.32 Å². The van der Waals surface area contributed by atoms with E-state index in [4.69, 9.17) is 5.11 Å². The summed E-state index contributed by atoms with van der Waals surface area (Å²) in [7, 11) is 0. The zero-order chi connectivity index (χ0) is 10.8. The standard InChI is InChI=1S/C10H15N3O2/c1-2-13-5-9(12-6-13)7-3-11-4-8(7)10(14)15/h5-8,11H,2-4H2,1H3,(H,14,15). The molecule has 0 bridgehead atoms. The van der Waals surface area contributed by atoms with Gasteiger partial charge in [0.1, 0.15) is 0 Å². The van der Waals surface area contributed by atoms with Crippen molar-refractivity contribution in [2.75, 3.05) is 13.1 Å². The van der Waals surface area contributed by atoms with Crippen molar-refractivity contribution in [3.63, 3.8) is 0 Å². The molecule has 2 unspecified atom stereocenters. The van der Waals surface area contributed by atoms with Crippen LogP contribution in [0.15, 0.2) is 12.5 Å². The number of hydrogen-bond acceptors (Lipinski definition) is 3. The van der Waals surface area contributed by atoms with Crippen LogP contribution in [0.3, 0.4) is 0 Å². The van der Waals surface area contributed by atoms with Crippen molar-refractivity contribution in [2.24, 2.45) is 5.92 Å². The molecule has 0 saturated carbocycles. The molecule has 1 aromatic rings. The van der Waals surface area contributed by atoms with E-state index < -0.39 is 5.97 Å². The molecule has 2 atom stereocenters. The lowest BCUT2D eigenvalue weighted by molar-refractivity contribution is -0.141. The summed E-state index contributed by atoms with van der Waals surface area (Å²) in [5.74, 6) is -1.07. The third-order valence-corrected chi connectivity index (χ3v) is 2.93. The van der Waals surface area contributed by atoms with Gasteiger partial charge >= 0.3 is 5.97 Å². The van der Waals surface area contributed by atoms with Crippen LogP contribution in [0.5, 0.6) is 0 Å². The van der Waals surface area contributed by atoms with Gasteiger partial charge in [-0.2, -0.15) is 0 Å². The van der Waals surface area contributed by atoms with Crippen molar-refractivity contribution in [3.8, 4) is 0 Å². The highest BCUT2D eigenvalue weighted by molar-refractivity contribution is 5.72. The number of nitrogens with one attached hydrogen (secondary N) is 1. The Kier molecular flexibility index (Phi) is 2.73. The van der Waals surface area contributed by atoms with Crippen molar-refractivity contribution in [3.05, 3.63) is 18.2 Å². The Hall–Kier alpha value is -1.36. The number of carboxylic acids is 1. The van der Waals surface area contributed by atoms with Crippen LogP contribution in [0.1, 0.15) is 18.5 Å². The Morgan fingerprint density at radius 1 is 1.73 bits per heavy atom. The van der Waals surface area contributed by atoms with Gasteiger partial charge in [-0.15, -0.1) is 0 Å². The minimum Gasteiger partial charge on any atom is -0.481 e. The van der Waals surface area contributed by atoms with Crippen LogP contribution in [0.25, 0.3) is 0 Å². The minimum atomic E-state index is -0.740. The SMILES string of the molecule is CCn1cnc(C2CNCC2C(=O)O)c1. The van der Waals surface area contributed by atoms with E-state index in [0.29, 0.717) is 13.1 Å². The highest BCUT2D eigenvalue weighted by atomic mass is 16.4. The largest absolute Gasteiger partial charge is 0.481 e. The maximum Gasteiger partial charge on any atom is 0.308 e. The minimum absolute atomic E-state index is 0.00954. The van der Waals surface area contributed by atoms with Gasteiger partial charge in [0.25, 0.3) is 0 Å². The van der Waals surface area contributed by atoms with Gasteiger partial charge in [-0.3, -0.25) is 4.79 Å². The molecule has 1 saturated heterocycles. The van der Waals surface area contributed by atoms with Crippen molar-refractivity contribution in [1.82, 2.24) is 14.9 Å². The fourth-order valence-electron chi connectivity index (χ4n) is 1.99. The van der Waals surface area contributed by atoms with Gasteiger partial charge < -0.3 is 15.0 Å². The quantitative estimate of drug-likeness (QED) is 0.751. The lowest BCUT2D eigenvalue weighted by Crippen LogP contribution is -2.21. The predicted octanol–water partition coefficient (Wildman–Crippen LogP) is 0.291. The van der Waals surface area contributed by atoms with E-state index in [1.165, 1.54) is 0 Å². The van der Waals surface area contributed by atoms with E-state index in [2.05, 4.69) is 10.3 Å². The molecule has 0 radical (unpaired) electrons. The van der Waals surface area contributed by atoms with Crippen molar-refractivity contribution in [1.29, 1.82) is 0 Å². The molecule has 0 amide bonds. The fraction of sp³-hybridized carbons (Fsp3) is 0.600. The number of aliphatic carboxylic acids is 1. The number of carbonyl (C=O) groups is 1. The zero-order valence-electron chi connectivity index (χ0n) is 8.68. The molecule has 5 heteroatoms. The number of aryl methyl sites for hydroxylation is 1. The van der Waals surface area contributed by atoms with Gasteiger partial charge in [-0.25, -0.2) is 4.98 Å². The van der Waals surface area contributed by atoms with Gasteiger partial charge in [0.2, 0.25) is 0 Å². The molecule has 2 N–H and O–H groups in total. The first-order valence-electron chi connectivity index (χ1n) is 5.17. The third kappa shape index (κ3) is 1.87. The first-order valence-corrected chi connectivity index (χ1v) is 5.17. The molecule has 82 valence electrons. The van der Waals surface area contributed by atoms with Gasteiger partial charge in [0, 0.05) is 31.7 Å². The van der Waals surface area contributed by atoms with Gasteiger partial charge in [-0.1, -0.05) is 0 Å². The van der Waals surface area contributed by atoms with Crippen molar-refractivity contribution >= 4 is 5.97 Å². The molecule has 1 aliphatic rings. The lowest BCUT2D eigenvalue weighted by atomic mass is 9.93. The highest BCUT2D eigenvalue weighted by Gasteiger charge is 2.35. The second-order valence-electron chi connectivity index (χ2n) is 3.84. The molecule has 2 heterocycles. The number of aromatic nitrogens is 2. The van der Waals surface area contributed by atoms with Crippen LogP contribution in [-0.4, -0.2) is 33.7 Å². The van der Waals surface area contributed by atoms with Crippen LogP contribution in [0.4, 0.5) is 0 Å². The second-order valence-corrected chi connectivity index (χ2v) is 3.84. The predicted molar refractivity (Wildman–Crippen MR) is 54.6 cm³/mol. The Morgan fingerprint density at radius 2 is 2.53 bits per heavy atom. The van der Waals surface area contributed by atoms with Crippen LogP contribution >= 0.6 is 0 Å². The van der Waals surface area contributed by atoms with E-state index in [-0.39, 0.29) is 11.8 Å². The van der Waals surface area contributed by atoms with Gasteiger partial charge in [0.15, 0.2) is 0 Å². The molecule has 15 heavy (non-hydrogen) atoms. The number of rotatable bonds is 3. The summed E-state index contributed by atoms with van der Waals surface area (Å²) in [5.41, 5.74) is 0.884. The van der Waals surface area contributed by atoms with Crippen LogP contribution in [-0.2, 0) is 11.3 Å².